The van der Waals surface area contributed by atoms with Crippen LogP contribution in [0.1, 0.15) is 11.6 Å². The summed E-state index contributed by atoms with van der Waals surface area (Å²) in [6.07, 6.45) is 1.49. The average Bonchev–Trinajstić information content (AvgIpc) is 3.15. The van der Waals surface area contributed by atoms with Gasteiger partial charge in [-0.1, -0.05) is 30.3 Å². The van der Waals surface area contributed by atoms with Gasteiger partial charge in [-0.3, -0.25) is 9.69 Å². The van der Waals surface area contributed by atoms with Crippen LogP contribution in [0.15, 0.2) is 48.8 Å². The minimum absolute atomic E-state index is 0.0359. The van der Waals surface area contributed by atoms with Gasteiger partial charge in [0.1, 0.15) is 6.33 Å². The predicted molar refractivity (Wildman–Crippen MR) is 94.7 cm³/mol. The van der Waals surface area contributed by atoms with Gasteiger partial charge in [-0.25, -0.2) is 0 Å². The number of piperazine rings is 1. The van der Waals surface area contributed by atoms with E-state index in [0.29, 0.717) is 24.6 Å². The second kappa shape index (κ2) is 7.09. The zero-order valence-corrected chi connectivity index (χ0v) is 14.5. The highest BCUT2D eigenvalue weighted by Gasteiger charge is 2.28. The number of amides is 1. The highest BCUT2D eigenvalue weighted by molar-refractivity contribution is 5.78. The number of aromatic nitrogens is 4. The molecule has 1 atom stereocenters. The first-order chi connectivity index (χ1) is 12.7. The molecule has 26 heavy (non-hydrogen) atoms. The van der Waals surface area contributed by atoms with Crippen molar-refractivity contribution in [3.8, 4) is 5.88 Å². The Morgan fingerprint density at radius 1 is 1.19 bits per heavy atom. The lowest BCUT2D eigenvalue weighted by Gasteiger charge is -2.39. The van der Waals surface area contributed by atoms with Crippen molar-refractivity contribution in [3.63, 3.8) is 0 Å². The molecule has 134 valence electrons. The summed E-state index contributed by atoms with van der Waals surface area (Å²) in [6.45, 7) is 2.14. The molecule has 2 aromatic heterocycles. The molecule has 1 aliphatic heterocycles. The van der Waals surface area contributed by atoms with Crippen molar-refractivity contribution >= 4 is 11.6 Å². The van der Waals surface area contributed by atoms with Crippen LogP contribution in [0.2, 0.25) is 0 Å². The number of nitrogens with zero attached hydrogens (tertiary/aromatic N) is 6. The number of ether oxygens (including phenoxy) is 1. The van der Waals surface area contributed by atoms with Crippen molar-refractivity contribution < 1.29 is 9.53 Å². The van der Waals surface area contributed by atoms with Crippen LogP contribution in [-0.4, -0.2) is 68.8 Å². The molecule has 0 radical (unpaired) electrons. The number of carbonyl (C=O) groups is 1. The summed E-state index contributed by atoms with van der Waals surface area (Å²) in [7, 11) is 2.09. The summed E-state index contributed by atoms with van der Waals surface area (Å²) < 4.78 is 7.09. The molecule has 1 amide bonds. The van der Waals surface area contributed by atoms with Gasteiger partial charge in [0.25, 0.3) is 5.91 Å². The van der Waals surface area contributed by atoms with E-state index in [1.54, 1.807) is 12.1 Å². The third-order valence-electron chi connectivity index (χ3n) is 4.67. The van der Waals surface area contributed by atoms with E-state index in [1.165, 1.54) is 16.4 Å². The molecule has 0 aliphatic carbocycles. The van der Waals surface area contributed by atoms with E-state index in [1.807, 2.05) is 23.1 Å². The molecule has 0 spiro atoms. The Morgan fingerprint density at radius 2 is 2.04 bits per heavy atom. The van der Waals surface area contributed by atoms with E-state index in [2.05, 4.69) is 39.4 Å². The molecule has 3 aromatic rings. The lowest BCUT2D eigenvalue weighted by atomic mass is 10.0. The van der Waals surface area contributed by atoms with Crippen molar-refractivity contribution in [3.05, 3.63) is 54.4 Å². The van der Waals surface area contributed by atoms with Gasteiger partial charge in [0, 0.05) is 25.7 Å². The maximum atomic E-state index is 12.6. The molecular formula is C18H20N6O2. The first-order valence-electron chi connectivity index (χ1n) is 8.53. The third-order valence-corrected chi connectivity index (χ3v) is 4.67. The van der Waals surface area contributed by atoms with E-state index in [9.17, 15) is 4.79 Å². The maximum absolute atomic E-state index is 12.6. The summed E-state index contributed by atoms with van der Waals surface area (Å²) in [5, 5.41) is 11.9. The molecule has 1 saturated heterocycles. The number of carbonyl (C=O) groups excluding carboxylic acids is 1. The Labute approximate surface area is 151 Å². The number of hydrogen-bond donors (Lipinski definition) is 0. The van der Waals surface area contributed by atoms with Gasteiger partial charge in [0.2, 0.25) is 5.88 Å². The van der Waals surface area contributed by atoms with E-state index >= 15 is 0 Å². The summed E-state index contributed by atoms with van der Waals surface area (Å²) in [5.41, 5.74) is 1.85. The van der Waals surface area contributed by atoms with Gasteiger partial charge in [0.05, 0.1) is 6.04 Å². The lowest BCUT2D eigenvalue weighted by Crippen LogP contribution is -2.50. The molecule has 4 rings (SSSR count). The minimum Gasteiger partial charge on any atom is -0.467 e. The number of hydrogen-bond acceptors (Lipinski definition) is 6. The molecular weight excluding hydrogens is 332 g/mol. The van der Waals surface area contributed by atoms with Gasteiger partial charge in [-0.15, -0.1) is 15.3 Å². The first-order valence-corrected chi connectivity index (χ1v) is 8.53. The van der Waals surface area contributed by atoms with Crippen molar-refractivity contribution in [2.45, 2.75) is 6.04 Å². The number of rotatable bonds is 4. The van der Waals surface area contributed by atoms with Crippen molar-refractivity contribution in [1.29, 1.82) is 0 Å². The van der Waals surface area contributed by atoms with Crippen molar-refractivity contribution in [2.75, 3.05) is 33.3 Å². The molecule has 0 saturated carbocycles. The molecule has 3 heterocycles. The summed E-state index contributed by atoms with van der Waals surface area (Å²) in [4.78, 5) is 16.7. The second-order valence-corrected chi connectivity index (χ2v) is 6.34. The maximum Gasteiger partial charge on any atom is 0.260 e. The third kappa shape index (κ3) is 3.36. The van der Waals surface area contributed by atoms with Crippen LogP contribution in [0.5, 0.6) is 5.88 Å². The second-order valence-electron chi connectivity index (χ2n) is 6.34. The van der Waals surface area contributed by atoms with Crippen LogP contribution in [0.25, 0.3) is 5.65 Å². The van der Waals surface area contributed by atoms with Gasteiger partial charge >= 0.3 is 0 Å². The van der Waals surface area contributed by atoms with Gasteiger partial charge in [0.15, 0.2) is 12.3 Å². The standard InChI is InChI=1S/C18H20N6O2/c1-22-9-10-23(11-15(22)14-5-3-2-4-6-14)18(25)12-26-17-8-7-16-20-19-13-24(16)21-17/h2-8,13,15H,9-12H2,1H3/t15-/m0/s1. The highest BCUT2D eigenvalue weighted by atomic mass is 16.5. The normalized spacial score (nSPS) is 18.2. The average molecular weight is 352 g/mol. The molecule has 8 nitrogen and oxygen atoms in total. The Morgan fingerprint density at radius 3 is 2.88 bits per heavy atom. The Balaban J connectivity index is 1.39. The van der Waals surface area contributed by atoms with E-state index in [-0.39, 0.29) is 18.6 Å². The summed E-state index contributed by atoms with van der Waals surface area (Å²) >= 11 is 0. The first kappa shape index (κ1) is 16.5. The minimum atomic E-state index is -0.0373. The number of fused-ring (bicyclic) bond motifs is 1. The molecule has 1 aliphatic rings. The van der Waals surface area contributed by atoms with Crippen LogP contribution in [0.4, 0.5) is 0 Å². The summed E-state index contributed by atoms with van der Waals surface area (Å²) in [6, 6.07) is 13.9. The van der Waals surface area contributed by atoms with Gasteiger partial charge in [-0.2, -0.15) is 4.52 Å². The zero-order chi connectivity index (χ0) is 17.9. The van der Waals surface area contributed by atoms with E-state index in [0.717, 1.165) is 6.54 Å². The molecule has 0 bridgehead atoms. The molecule has 1 aromatic carbocycles. The molecule has 1 fully saturated rings. The summed E-state index contributed by atoms with van der Waals surface area (Å²) in [5.74, 6) is 0.337. The number of benzene rings is 1. The zero-order valence-electron chi connectivity index (χ0n) is 14.5. The van der Waals surface area contributed by atoms with Gasteiger partial charge < -0.3 is 9.64 Å². The Kier molecular flexibility index (Phi) is 4.49. The lowest BCUT2D eigenvalue weighted by molar-refractivity contribution is -0.136. The molecule has 0 N–H and O–H groups in total. The molecule has 8 heteroatoms. The number of likely N-dealkylation sites (N-methyl/N-ethyl adjacent to an activating group) is 1. The smallest absolute Gasteiger partial charge is 0.260 e. The quantitative estimate of drug-likeness (QED) is 0.698. The Hall–Kier alpha value is -3.00. The largest absolute Gasteiger partial charge is 0.467 e. The SMILES string of the molecule is CN1CCN(C(=O)COc2ccc3nncn3n2)C[C@H]1c1ccccc1. The van der Waals surface area contributed by atoms with Crippen LogP contribution >= 0.6 is 0 Å². The van der Waals surface area contributed by atoms with E-state index < -0.39 is 0 Å². The van der Waals surface area contributed by atoms with Crippen LogP contribution < -0.4 is 4.74 Å². The van der Waals surface area contributed by atoms with Crippen LogP contribution in [0.3, 0.4) is 0 Å². The van der Waals surface area contributed by atoms with Crippen molar-refractivity contribution in [1.82, 2.24) is 29.6 Å². The fourth-order valence-electron chi connectivity index (χ4n) is 3.15. The Bertz CT molecular complexity index is 897. The van der Waals surface area contributed by atoms with Crippen molar-refractivity contribution in [2.24, 2.45) is 0 Å². The van der Waals surface area contributed by atoms with Crippen LogP contribution in [0, 0.1) is 0 Å². The topological polar surface area (TPSA) is 75.9 Å². The molecule has 0 unspecified atom stereocenters. The fourth-order valence-corrected chi connectivity index (χ4v) is 3.15. The highest BCUT2D eigenvalue weighted by Crippen LogP contribution is 2.23. The monoisotopic (exact) mass is 352 g/mol. The fraction of sp³-hybridized carbons (Fsp3) is 0.333. The predicted octanol–water partition coefficient (Wildman–Crippen LogP) is 1.02. The van der Waals surface area contributed by atoms with Gasteiger partial charge in [-0.05, 0) is 18.7 Å². The van der Waals surface area contributed by atoms with Crippen LogP contribution in [-0.2, 0) is 4.79 Å². The van der Waals surface area contributed by atoms with E-state index in [4.69, 9.17) is 4.74 Å².